The van der Waals surface area contributed by atoms with Crippen molar-refractivity contribution in [2.24, 2.45) is 11.8 Å². The van der Waals surface area contributed by atoms with Gasteiger partial charge in [-0.15, -0.1) is 0 Å². The van der Waals surface area contributed by atoms with E-state index in [0.717, 1.165) is 36.3 Å². The van der Waals surface area contributed by atoms with E-state index in [2.05, 4.69) is 31.4 Å². The van der Waals surface area contributed by atoms with E-state index in [1.165, 1.54) is 32.4 Å². The number of nitrogens with zero attached hydrogens (tertiary/aromatic N) is 4. The van der Waals surface area contributed by atoms with E-state index in [1.54, 1.807) is 0 Å². The molecule has 1 N–H and O–H groups in total. The number of hydrogen-bond acceptors (Lipinski definition) is 6. The summed E-state index contributed by atoms with van der Waals surface area (Å²) in [7, 11) is 0. The van der Waals surface area contributed by atoms with Crippen LogP contribution in [0.4, 0.5) is 5.82 Å². The molecular weight excluding hydrogens is 290 g/mol. The molecule has 2 aromatic heterocycles. The Bertz CT molecular complexity index is 639. The monoisotopic (exact) mass is 313 g/mol. The molecule has 2 aromatic rings. The first-order chi connectivity index (χ1) is 11.3. The lowest BCUT2D eigenvalue weighted by Gasteiger charge is -2.35. The Kier molecular flexibility index (Phi) is 3.99. The molecule has 2 aliphatic heterocycles. The van der Waals surface area contributed by atoms with Gasteiger partial charge in [-0.2, -0.15) is 4.98 Å². The Balaban J connectivity index is 1.39. The first-order valence-electron chi connectivity index (χ1n) is 8.52. The molecule has 4 rings (SSSR count). The highest BCUT2D eigenvalue weighted by atomic mass is 16.5. The molecule has 23 heavy (non-hydrogen) atoms. The number of nitrogens with one attached hydrogen (secondary N) is 1. The number of aryl methyl sites for hydroxylation is 1. The summed E-state index contributed by atoms with van der Waals surface area (Å²) >= 11 is 0. The van der Waals surface area contributed by atoms with Crippen molar-refractivity contribution >= 4 is 5.82 Å². The normalized spacial score (nSPS) is 22.7. The SMILES string of the molecule is Cc1noc(-c2ccc(N3CCC(C4CCNC4)CC3)nc2)n1. The second-order valence-electron chi connectivity index (χ2n) is 6.63. The maximum Gasteiger partial charge on any atom is 0.259 e. The maximum atomic E-state index is 5.19. The van der Waals surface area contributed by atoms with Gasteiger partial charge in [-0.25, -0.2) is 4.98 Å². The van der Waals surface area contributed by atoms with Crippen LogP contribution < -0.4 is 10.2 Å². The van der Waals surface area contributed by atoms with E-state index in [0.29, 0.717) is 11.7 Å². The Labute approximate surface area is 136 Å². The van der Waals surface area contributed by atoms with Gasteiger partial charge in [0, 0.05) is 19.3 Å². The third kappa shape index (κ3) is 3.08. The van der Waals surface area contributed by atoms with E-state index in [9.17, 15) is 0 Å². The summed E-state index contributed by atoms with van der Waals surface area (Å²) in [6, 6.07) is 4.08. The van der Waals surface area contributed by atoms with Crippen molar-refractivity contribution < 1.29 is 4.52 Å². The van der Waals surface area contributed by atoms with Gasteiger partial charge in [-0.1, -0.05) is 5.16 Å². The summed E-state index contributed by atoms with van der Waals surface area (Å²) in [6.07, 6.45) is 5.73. The molecular formula is C17H23N5O. The van der Waals surface area contributed by atoms with Crippen LogP contribution >= 0.6 is 0 Å². The highest BCUT2D eigenvalue weighted by molar-refractivity contribution is 5.54. The molecule has 0 saturated carbocycles. The van der Waals surface area contributed by atoms with Crippen LogP contribution in [0.3, 0.4) is 0 Å². The predicted molar refractivity (Wildman–Crippen MR) is 88.2 cm³/mol. The summed E-state index contributed by atoms with van der Waals surface area (Å²) in [5.41, 5.74) is 0.876. The Hall–Kier alpha value is -1.95. The molecule has 2 aliphatic rings. The zero-order chi connectivity index (χ0) is 15.6. The largest absolute Gasteiger partial charge is 0.357 e. The molecule has 2 fully saturated rings. The average molecular weight is 313 g/mol. The Morgan fingerprint density at radius 2 is 2.04 bits per heavy atom. The van der Waals surface area contributed by atoms with Gasteiger partial charge >= 0.3 is 0 Å². The van der Waals surface area contributed by atoms with Crippen molar-refractivity contribution in [3.63, 3.8) is 0 Å². The second-order valence-corrected chi connectivity index (χ2v) is 6.63. The molecule has 0 amide bonds. The van der Waals surface area contributed by atoms with Crippen LogP contribution in [0.1, 0.15) is 25.1 Å². The van der Waals surface area contributed by atoms with Crippen LogP contribution in [0.25, 0.3) is 11.5 Å². The van der Waals surface area contributed by atoms with Gasteiger partial charge in [0.25, 0.3) is 5.89 Å². The Morgan fingerprint density at radius 1 is 1.17 bits per heavy atom. The summed E-state index contributed by atoms with van der Waals surface area (Å²) in [5.74, 6) is 3.99. The number of anilines is 1. The van der Waals surface area contributed by atoms with Gasteiger partial charge in [-0.05, 0) is 63.2 Å². The number of piperidine rings is 1. The molecule has 0 radical (unpaired) electrons. The van der Waals surface area contributed by atoms with Crippen molar-refractivity contribution in [1.29, 1.82) is 0 Å². The Morgan fingerprint density at radius 3 is 2.65 bits per heavy atom. The van der Waals surface area contributed by atoms with Crippen molar-refractivity contribution in [2.45, 2.75) is 26.2 Å². The molecule has 122 valence electrons. The third-order valence-electron chi connectivity index (χ3n) is 5.15. The van der Waals surface area contributed by atoms with E-state index >= 15 is 0 Å². The molecule has 0 aromatic carbocycles. The highest BCUT2D eigenvalue weighted by Gasteiger charge is 2.28. The van der Waals surface area contributed by atoms with Gasteiger partial charge in [0.1, 0.15) is 5.82 Å². The molecule has 2 saturated heterocycles. The predicted octanol–water partition coefficient (Wildman–Crippen LogP) is 2.27. The molecule has 4 heterocycles. The molecule has 0 spiro atoms. The minimum Gasteiger partial charge on any atom is -0.357 e. The summed E-state index contributed by atoms with van der Waals surface area (Å²) in [6.45, 7) is 6.43. The minimum absolute atomic E-state index is 0.536. The van der Waals surface area contributed by atoms with E-state index < -0.39 is 0 Å². The van der Waals surface area contributed by atoms with Crippen molar-refractivity contribution in [1.82, 2.24) is 20.4 Å². The van der Waals surface area contributed by atoms with Gasteiger partial charge < -0.3 is 14.7 Å². The van der Waals surface area contributed by atoms with Crippen molar-refractivity contribution in [3.8, 4) is 11.5 Å². The standard InChI is InChI=1S/C17H23N5O/c1-12-20-17(23-21-12)15-2-3-16(19-11-15)22-8-5-13(6-9-22)14-4-7-18-10-14/h2-3,11,13-14,18H,4-10H2,1H3. The van der Waals surface area contributed by atoms with E-state index in [4.69, 9.17) is 4.52 Å². The van der Waals surface area contributed by atoms with Crippen LogP contribution in [-0.2, 0) is 0 Å². The molecule has 0 bridgehead atoms. The van der Waals surface area contributed by atoms with Crippen molar-refractivity contribution in [3.05, 3.63) is 24.2 Å². The maximum absolute atomic E-state index is 5.19. The number of hydrogen-bond donors (Lipinski definition) is 1. The highest BCUT2D eigenvalue weighted by Crippen LogP contribution is 2.30. The lowest BCUT2D eigenvalue weighted by atomic mass is 9.84. The minimum atomic E-state index is 0.536. The zero-order valence-corrected chi connectivity index (χ0v) is 13.5. The van der Waals surface area contributed by atoms with Crippen LogP contribution in [0.2, 0.25) is 0 Å². The van der Waals surface area contributed by atoms with Gasteiger partial charge in [-0.3, -0.25) is 0 Å². The van der Waals surface area contributed by atoms with Crippen LogP contribution in [-0.4, -0.2) is 41.3 Å². The fourth-order valence-electron chi connectivity index (χ4n) is 3.79. The molecule has 1 unspecified atom stereocenters. The number of rotatable bonds is 3. The number of aromatic nitrogens is 3. The molecule has 6 nitrogen and oxygen atoms in total. The summed E-state index contributed by atoms with van der Waals surface area (Å²) < 4.78 is 5.19. The summed E-state index contributed by atoms with van der Waals surface area (Å²) in [5, 5.41) is 7.31. The fourth-order valence-corrected chi connectivity index (χ4v) is 3.79. The van der Waals surface area contributed by atoms with Crippen molar-refractivity contribution in [2.75, 3.05) is 31.1 Å². The van der Waals surface area contributed by atoms with Gasteiger partial charge in [0.15, 0.2) is 5.82 Å². The van der Waals surface area contributed by atoms with E-state index in [-0.39, 0.29) is 0 Å². The number of pyridine rings is 1. The molecule has 6 heteroatoms. The molecule has 0 aliphatic carbocycles. The first-order valence-corrected chi connectivity index (χ1v) is 8.52. The topological polar surface area (TPSA) is 67.1 Å². The van der Waals surface area contributed by atoms with Crippen LogP contribution in [0.5, 0.6) is 0 Å². The summed E-state index contributed by atoms with van der Waals surface area (Å²) in [4.78, 5) is 11.2. The smallest absolute Gasteiger partial charge is 0.259 e. The quantitative estimate of drug-likeness (QED) is 0.937. The zero-order valence-electron chi connectivity index (χ0n) is 13.5. The second kappa shape index (κ2) is 6.28. The lowest BCUT2D eigenvalue weighted by molar-refractivity contribution is 0.291. The van der Waals surface area contributed by atoms with Gasteiger partial charge in [0.2, 0.25) is 0 Å². The van der Waals surface area contributed by atoms with Gasteiger partial charge in [0.05, 0.1) is 5.56 Å². The fraction of sp³-hybridized carbons (Fsp3) is 0.588. The van der Waals surface area contributed by atoms with Crippen LogP contribution in [0.15, 0.2) is 22.9 Å². The third-order valence-corrected chi connectivity index (χ3v) is 5.15. The lowest BCUT2D eigenvalue weighted by Crippen LogP contribution is -2.37. The average Bonchev–Trinajstić information content (AvgIpc) is 3.27. The first kappa shape index (κ1) is 14.6. The van der Waals surface area contributed by atoms with Crippen LogP contribution in [0, 0.1) is 18.8 Å². The molecule has 1 atom stereocenters. The van der Waals surface area contributed by atoms with E-state index in [1.807, 2.05) is 19.2 Å².